The van der Waals surface area contributed by atoms with Gasteiger partial charge in [-0.3, -0.25) is 0 Å². The second-order valence-electron chi connectivity index (χ2n) is 8.19. The molecule has 1 unspecified atom stereocenters. The Morgan fingerprint density at radius 1 is 1.09 bits per heavy atom. The fraction of sp³-hybridized carbons (Fsp3) is 0.259. The Balaban J connectivity index is 1.53. The van der Waals surface area contributed by atoms with Crippen LogP contribution in [0.3, 0.4) is 0 Å². The Hall–Kier alpha value is -4.00. The summed E-state index contributed by atoms with van der Waals surface area (Å²) in [5.41, 5.74) is 4.86. The van der Waals surface area contributed by atoms with Crippen LogP contribution in [0.5, 0.6) is 11.5 Å². The molecule has 0 saturated carbocycles. The number of imidazole rings is 1. The molecule has 1 aliphatic rings. The van der Waals surface area contributed by atoms with Gasteiger partial charge in [-0.1, -0.05) is 48.5 Å². The summed E-state index contributed by atoms with van der Waals surface area (Å²) in [4.78, 5) is 23.2. The van der Waals surface area contributed by atoms with E-state index in [1.54, 1.807) is 7.11 Å². The van der Waals surface area contributed by atoms with Crippen molar-refractivity contribution in [3.63, 3.8) is 0 Å². The highest BCUT2D eigenvalue weighted by Crippen LogP contribution is 2.40. The zero-order valence-corrected chi connectivity index (χ0v) is 19.3. The number of nitrogens with one attached hydrogen (secondary N) is 1. The van der Waals surface area contributed by atoms with E-state index in [-0.39, 0.29) is 5.97 Å². The topological polar surface area (TPSA) is 76.7 Å². The third-order valence-corrected chi connectivity index (χ3v) is 6.09. The molecule has 0 amide bonds. The monoisotopic (exact) mass is 457 g/mol. The summed E-state index contributed by atoms with van der Waals surface area (Å²) >= 11 is 0. The van der Waals surface area contributed by atoms with E-state index in [2.05, 4.69) is 4.98 Å². The van der Waals surface area contributed by atoms with Crippen LogP contribution < -0.4 is 14.4 Å². The summed E-state index contributed by atoms with van der Waals surface area (Å²) in [5, 5.41) is 0. The number of fused-ring (bicyclic) bond motifs is 2. The summed E-state index contributed by atoms with van der Waals surface area (Å²) in [5.74, 6) is 1.68. The molecular formula is C27H27N3O4. The van der Waals surface area contributed by atoms with Crippen LogP contribution in [0.25, 0.3) is 11.0 Å². The number of anilines is 1. The van der Waals surface area contributed by atoms with Gasteiger partial charge in [-0.05, 0) is 36.2 Å². The molecule has 0 saturated heterocycles. The molecule has 3 aromatic carbocycles. The SMILES string of the molecule is CCOC(=O)C1Cc2c(ccc(OC)c2OCc2ccccc2)CN1c1nc2ccccc2[nH]1. The summed E-state index contributed by atoms with van der Waals surface area (Å²) in [7, 11) is 1.63. The molecule has 0 radical (unpaired) electrons. The van der Waals surface area contributed by atoms with Crippen molar-refractivity contribution in [3.05, 3.63) is 83.4 Å². The molecule has 7 heteroatoms. The van der Waals surface area contributed by atoms with Gasteiger partial charge >= 0.3 is 5.97 Å². The zero-order chi connectivity index (χ0) is 23.5. The number of methoxy groups -OCH3 is 1. The van der Waals surface area contributed by atoms with Crippen molar-refractivity contribution in [3.8, 4) is 11.5 Å². The van der Waals surface area contributed by atoms with Crippen molar-refractivity contribution >= 4 is 23.0 Å². The number of esters is 1. The predicted octanol–water partition coefficient (Wildman–Crippen LogP) is 4.64. The number of aromatic nitrogens is 2. The lowest BCUT2D eigenvalue weighted by Gasteiger charge is -2.36. The molecule has 0 spiro atoms. The Morgan fingerprint density at radius 3 is 2.65 bits per heavy atom. The second-order valence-corrected chi connectivity index (χ2v) is 8.19. The van der Waals surface area contributed by atoms with E-state index in [1.807, 2.05) is 78.6 Å². The smallest absolute Gasteiger partial charge is 0.329 e. The molecule has 5 rings (SSSR count). The van der Waals surface area contributed by atoms with Crippen molar-refractivity contribution in [2.75, 3.05) is 18.6 Å². The third-order valence-electron chi connectivity index (χ3n) is 6.09. The molecule has 34 heavy (non-hydrogen) atoms. The molecular weight excluding hydrogens is 430 g/mol. The number of carbonyl (C=O) groups excluding carboxylic acids is 1. The van der Waals surface area contributed by atoms with Crippen LogP contribution in [-0.4, -0.2) is 35.7 Å². The number of para-hydroxylation sites is 2. The Kier molecular flexibility index (Phi) is 6.08. The first-order chi connectivity index (χ1) is 16.7. The minimum absolute atomic E-state index is 0.287. The van der Waals surface area contributed by atoms with E-state index >= 15 is 0 Å². The Morgan fingerprint density at radius 2 is 1.88 bits per heavy atom. The number of rotatable bonds is 7. The first kappa shape index (κ1) is 21.8. The van der Waals surface area contributed by atoms with Gasteiger partial charge in [0, 0.05) is 18.5 Å². The maximum atomic E-state index is 13.1. The summed E-state index contributed by atoms with van der Waals surface area (Å²) in [6.45, 7) is 3.03. The zero-order valence-electron chi connectivity index (χ0n) is 19.3. The van der Waals surface area contributed by atoms with E-state index in [0.29, 0.717) is 43.6 Å². The van der Waals surface area contributed by atoms with Crippen molar-refractivity contribution in [1.82, 2.24) is 9.97 Å². The maximum absolute atomic E-state index is 13.1. The van der Waals surface area contributed by atoms with Crippen molar-refractivity contribution < 1.29 is 19.0 Å². The van der Waals surface area contributed by atoms with Crippen LogP contribution in [0.1, 0.15) is 23.6 Å². The van der Waals surface area contributed by atoms with Crippen molar-refractivity contribution in [2.45, 2.75) is 32.5 Å². The van der Waals surface area contributed by atoms with Gasteiger partial charge in [0.1, 0.15) is 12.6 Å². The second kappa shape index (κ2) is 9.47. The highest BCUT2D eigenvalue weighted by atomic mass is 16.5. The minimum atomic E-state index is -0.542. The molecule has 0 fully saturated rings. The normalized spacial score (nSPS) is 15.1. The number of aromatic amines is 1. The van der Waals surface area contributed by atoms with Gasteiger partial charge in [-0.2, -0.15) is 0 Å². The molecule has 4 aromatic rings. The van der Waals surface area contributed by atoms with Gasteiger partial charge in [0.25, 0.3) is 0 Å². The summed E-state index contributed by atoms with van der Waals surface area (Å²) in [6, 6.07) is 21.2. The fourth-order valence-electron chi connectivity index (χ4n) is 4.41. The molecule has 1 atom stereocenters. The molecule has 7 nitrogen and oxygen atoms in total. The van der Waals surface area contributed by atoms with E-state index in [4.69, 9.17) is 19.2 Å². The standard InChI is InChI=1S/C27H27N3O4/c1-3-33-26(31)23-15-20-19(16-30(23)27-28-21-11-7-8-12-22(21)29-27)13-14-24(32-2)25(20)34-17-18-9-5-4-6-10-18/h4-14,23H,3,15-17H2,1-2H3,(H,28,29). The van der Waals surface area contributed by atoms with Gasteiger partial charge in [0.05, 0.1) is 24.8 Å². The number of hydrogen-bond donors (Lipinski definition) is 1. The first-order valence-electron chi connectivity index (χ1n) is 11.4. The summed E-state index contributed by atoms with van der Waals surface area (Å²) < 4.78 is 17.3. The lowest BCUT2D eigenvalue weighted by molar-refractivity contribution is -0.144. The number of carbonyl (C=O) groups is 1. The van der Waals surface area contributed by atoms with E-state index in [0.717, 1.165) is 27.7 Å². The lowest BCUT2D eigenvalue weighted by Crippen LogP contribution is -2.47. The quantitative estimate of drug-likeness (QED) is 0.407. The van der Waals surface area contributed by atoms with E-state index < -0.39 is 6.04 Å². The number of H-pyrrole nitrogens is 1. The van der Waals surface area contributed by atoms with E-state index in [9.17, 15) is 4.79 Å². The fourth-order valence-corrected chi connectivity index (χ4v) is 4.41. The number of ether oxygens (including phenoxy) is 3. The molecule has 1 aromatic heterocycles. The van der Waals surface area contributed by atoms with Gasteiger partial charge in [0.2, 0.25) is 5.95 Å². The van der Waals surface area contributed by atoms with Crippen LogP contribution >= 0.6 is 0 Å². The Bertz CT molecular complexity index is 1270. The van der Waals surface area contributed by atoms with E-state index in [1.165, 1.54) is 0 Å². The number of benzene rings is 3. The van der Waals surface area contributed by atoms with Crippen LogP contribution in [-0.2, 0) is 29.1 Å². The first-order valence-corrected chi connectivity index (χ1v) is 11.4. The predicted molar refractivity (Wildman–Crippen MR) is 130 cm³/mol. The van der Waals surface area contributed by atoms with Crippen molar-refractivity contribution in [1.29, 1.82) is 0 Å². The third kappa shape index (κ3) is 4.17. The van der Waals surface area contributed by atoms with Crippen LogP contribution in [0.2, 0.25) is 0 Å². The highest BCUT2D eigenvalue weighted by Gasteiger charge is 2.36. The molecule has 0 aliphatic carbocycles. The molecule has 1 N–H and O–H groups in total. The average molecular weight is 458 g/mol. The van der Waals surface area contributed by atoms with Crippen LogP contribution in [0, 0.1) is 0 Å². The summed E-state index contributed by atoms with van der Waals surface area (Å²) in [6.07, 6.45) is 0.423. The van der Waals surface area contributed by atoms with Gasteiger partial charge in [-0.15, -0.1) is 0 Å². The lowest BCUT2D eigenvalue weighted by atomic mass is 9.92. The number of nitrogens with zero attached hydrogens (tertiary/aromatic N) is 2. The molecule has 1 aliphatic heterocycles. The van der Waals surface area contributed by atoms with Gasteiger partial charge < -0.3 is 24.1 Å². The van der Waals surface area contributed by atoms with Gasteiger partial charge in [0.15, 0.2) is 11.5 Å². The largest absolute Gasteiger partial charge is 0.493 e. The maximum Gasteiger partial charge on any atom is 0.329 e. The molecule has 174 valence electrons. The average Bonchev–Trinajstić information content (AvgIpc) is 3.31. The molecule has 2 heterocycles. The van der Waals surface area contributed by atoms with Crippen LogP contribution in [0.15, 0.2) is 66.7 Å². The van der Waals surface area contributed by atoms with Crippen molar-refractivity contribution in [2.24, 2.45) is 0 Å². The van der Waals surface area contributed by atoms with Gasteiger partial charge in [-0.25, -0.2) is 9.78 Å². The van der Waals surface area contributed by atoms with Crippen LogP contribution in [0.4, 0.5) is 5.95 Å². The number of hydrogen-bond acceptors (Lipinski definition) is 6. The molecule has 0 bridgehead atoms. The highest BCUT2D eigenvalue weighted by molar-refractivity contribution is 5.83. The minimum Gasteiger partial charge on any atom is -0.493 e. The Labute approximate surface area is 198 Å².